The van der Waals surface area contributed by atoms with Gasteiger partial charge in [-0.05, 0) is 66.8 Å². The van der Waals surface area contributed by atoms with Crippen molar-refractivity contribution in [3.63, 3.8) is 0 Å². The summed E-state index contributed by atoms with van der Waals surface area (Å²) in [4.78, 5) is 13.9. The number of nitrogens with zero attached hydrogens (tertiary/aromatic N) is 1. The highest BCUT2D eigenvalue weighted by atomic mass is 32.1. The molecular formula is C28H62N2O4S4Si2. The van der Waals surface area contributed by atoms with E-state index < -0.39 is 33.0 Å². The van der Waals surface area contributed by atoms with Crippen molar-refractivity contribution in [2.24, 2.45) is 0 Å². The summed E-state index contributed by atoms with van der Waals surface area (Å²) in [5.41, 5.74) is 3.88. The maximum Gasteiger partial charge on any atom is 0.410 e. The summed E-state index contributed by atoms with van der Waals surface area (Å²) in [7, 11) is -2.93. The van der Waals surface area contributed by atoms with Crippen molar-refractivity contribution >= 4 is 76.2 Å². The van der Waals surface area contributed by atoms with Crippen molar-refractivity contribution in [1.82, 2.24) is 10.2 Å². The lowest BCUT2D eigenvalue weighted by molar-refractivity contribution is -0.00816. The summed E-state index contributed by atoms with van der Waals surface area (Å²) in [5.74, 6) is 6.05. The normalized spacial score (nSPS) is 21.0. The van der Waals surface area contributed by atoms with E-state index in [1.165, 1.54) is 0 Å². The fraction of sp³-hybridized carbons (Fsp3) is 0.821. The Morgan fingerprint density at radius 2 is 1.27 bits per heavy atom. The van der Waals surface area contributed by atoms with Crippen LogP contribution in [0.2, 0.25) is 39.3 Å². The van der Waals surface area contributed by atoms with Crippen molar-refractivity contribution in [2.75, 3.05) is 13.1 Å². The van der Waals surface area contributed by atoms with E-state index in [9.17, 15) is 15.0 Å². The Hall–Kier alpha value is 0.104. The molecule has 0 spiro atoms. The van der Waals surface area contributed by atoms with Gasteiger partial charge in [-0.3, -0.25) is 0 Å². The highest BCUT2D eigenvalue weighted by molar-refractivity contribution is 7.59. The first-order valence-corrected chi connectivity index (χ1v) is 19.9. The van der Waals surface area contributed by atoms with Crippen molar-refractivity contribution in [3.8, 4) is 22.9 Å². The van der Waals surface area contributed by atoms with Crippen LogP contribution in [0.15, 0.2) is 0 Å². The smallest absolute Gasteiger partial charge is 0.410 e. The molecule has 0 saturated carbocycles. The van der Waals surface area contributed by atoms with Crippen LogP contribution in [0.1, 0.15) is 67.7 Å². The predicted octanol–water partition coefficient (Wildman–Crippen LogP) is 5.48. The van der Waals surface area contributed by atoms with Crippen LogP contribution in [0.4, 0.5) is 4.79 Å². The maximum absolute atomic E-state index is 12.3. The van der Waals surface area contributed by atoms with Crippen LogP contribution < -0.4 is 5.32 Å². The number of carbonyl (C=O) groups is 1. The lowest BCUT2D eigenvalue weighted by Gasteiger charge is -2.34. The number of nitrogens with one attached hydrogen (secondary N) is 1. The first-order valence-electron chi connectivity index (χ1n) is 12.9. The fourth-order valence-electron chi connectivity index (χ4n) is 3.85. The third-order valence-corrected chi connectivity index (χ3v) is 7.40. The molecule has 2 heterocycles. The van der Waals surface area contributed by atoms with Crippen molar-refractivity contribution < 1.29 is 19.7 Å². The van der Waals surface area contributed by atoms with Crippen LogP contribution in [0.5, 0.6) is 0 Å². The Labute approximate surface area is 276 Å². The molecule has 240 valence electrons. The summed E-state index contributed by atoms with van der Waals surface area (Å²) in [5, 5.41) is 24.2. The zero-order valence-corrected chi connectivity index (χ0v) is 32.1. The van der Waals surface area contributed by atoms with Gasteiger partial charge in [0.1, 0.15) is 33.0 Å². The van der Waals surface area contributed by atoms with Crippen LogP contribution in [0.25, 0.3) is 0 Å². The Bertz CT molecular complexity index is 856. The van der Waals surface area contributed by atoms with Crippen LogP contribution in [-0.2, 0) is 4.74 Å². The van der Waals surface area contributed by atoms with E-state index in [2.05, 4.69) is 67.5 Å². The number of ether oxygens (including phenoxy) is 1. The van der Waals surface area contributed by atoms with Crippen molar-refractivity contribution in [1.29, 1.82) is 0 Å². The van der Waals surface area contributed by atoms with Gasteiger partial charge in [0.2, 0.25) is 0 Å². The minimum absolute atomic E-state index is 0. The molecule has 0 aromatic rings. The monoisotopic (exact) mass is 674 g/mol. The SMILES string of the molecule is C.CC(C)(C)OC(=O)N1CCC[C@H]1[C@@](C)(O)C#C[Si](C)(C)C.C[C@](O)(C#C[Si](C)(C)C)[C@@H]1CCCN1.S.S.S.S. The first kappa shape index (κ1) is 49.8. The molecule has 0 aromatic carbocycles. The van der Waals surface area contributed by atoms with Gasteiger partial charge in [-0.2, -0.15) is 54.0 Å². The Kier molecular flexibility index (Phi) is 24.1. The van der Waals surface area contributed by atoms with Gasteiger partial charge in [-0.25, -0.2) is 4.79 Å². The number of hydrogen-bond donors (Lipinski definition) is 3. The quantitative estimate of drug-likeness (QED) is 0.267. The van der Waals surface area contributed by atoms with Gasteiger partial charge in [-0.15, -0.1) is 11.1 Å². The number of rotatable bonds is 2. The van der Waals surface area contributed by atoms with Gasteiger partial charge in [0.25, 0.3) is 0 Å². The Morgan fingerprint density at radius 1 is 0.825 bits per heavy atom. The van der Waals surface area contributed by atoms with Gasteiger partial charge in [0.15, 0.2) is 0 Å². The summed E-state index contributed by atoms with van der Waals surface area (Å²) < 4.78 is 5.43. The lowest BCUT2D eigenvalue weighted by atomic mass is 9.95. The predicted molar refractivity (Wildman–Crippen MR) is 199 cm³/mol. The summed E-state index contributed by atoms with van der Waals surface area (Å²) in [6.07, 6.45) is 3.45. The average Bonchev–Trinajstić information content (AvgIpc) is 3.35. The van der Waals surface area contributed by atoms with E-state index in [1.54, 1.807) is 11.8 Å². The third-order valence-electron chi connectivity index (χ3n) is 5.65. The maximum atomic E-state index is 12.3. The number of amides is 1. The molecule has 12 heteroatoms. The highest BCUT2D eigenvalue weighted by Crippen LogP contribution is 2.28. The number of carbonyl (C=O) groups excluding carboxylic acids is 1. The summed E-state index contributed by atoms with van der Waals surface area (Å²) in [6.45, 7) is 23.7. The molecular weight excluding hydrogens is 613 g/mol. The van der Waals surface area contributed by atoms with Gasteiger partial charge in [-0.1, -0.05) is 58.5 Å². The molecule has 2 rings (SSSR count). The molecule has 2 aliphatic rings. The molecule has 0 bridgehead atoms. The molecule has 40 heavy (non-hydrogen) atoms. The molecule has 0 unspecified atom stereocenters. The second kappa shape index (κ2) is 19.4. The van der Waals surface area contributed by atoms with E-state index in [-0.39, 0.29) is 79.6 Å². The minimum Gasteiger partial charge on any atom is -0.444 e. The van der Waals surface area contributed by atoms with Crippen molar-refractivity contribution in [2.45, 2.75) is 136 Å². The van der Waals surface area contributed by atoms with E-state index in [0.29, 0.717) is 6.54 Å². The molecule has 4 atom stereocenters. The molecule has 3 N–H and O–H groups in total. The average molecular weight is 675 g/mol. The molecule has 0 aromatic heterocycles. The van der Waals surface area contributed by atoms with Gasteiger partial charge < -0.3 is 25.2 Å². The molecule has 2 aliphatic heterocycles. The zero-order valence-electron chi connectivity index (χ0n) is 26.1. The summed E-state index contributed by atoms with van der Waals surface area (Å²) in [6, 6.07) is -0.137. The standard InChI is InChI=1S/C16H29NO3Si.C11H21NOSi.CH4.4H2S/c1-15(2,3)20-14(18)17-11-8-9-13(17)16(4,19)10-12-21(5,6)7;1-11(13,7-9-14(2,3)4)10-6-5-8-12-10;;;;;/h13,19H,8-9,11H2,1-7H3;10,12-13H,5-6,8H2,1-4H3;1H4;4*1H2/t13-,16-;10-,11-;;;;;/m00...../s1. The molecule has 2 saturated heterocycles. The summed E-state index contributed by atoms with van der Waals surface area (Å²) >= 11 is 0. The Morgan fingerprint density at radius 3 is 1.65 bits per heavy atom. The third kappa shape index (κ3) is 19.3. The van der Waals surface area contributed by atoms with Crippen LogP contribution >= 0.6 is 54.0 Å². The van der Waals surface area contributed by atoms with E-state index in [1.807, 2.05) is 27.7 Å². The number of hydrogen-bond acceptors (Lipinski definition) is 5. The van der Waals surface area contributed by atoms with Crippen LogP contribution in [-0.4, -0.2) is 79.3 Å². The number of aliphatic hydroxyl groups is 2. The van der Waals surface area contributed by atoms with Gasteiger partial charge in [0, 0.05) is 12.6 Å². The molecule has 2 fully saturated rings. The minimum atomic E-state index is -1.56. The van der Waals surface area contributed by atoms with E-state index in [0.717, 1.165) is 32.2 Å². The van der Waals surface area contributed by atoms with Gasteiger partial charge >= 0.3 is 6.09 Å². The van der Waals surface area contributed by atoms with Crippen LogP contribution in [0, 0.1) is 22.9 Å². The van der Waals surface area contributed by atoms with E-state index >= 15 is 0 Å². The molecule has 6 nitrogen and oxygen atoms in total. The van der Waals surface area contributed by atoms with Gasteiger partial charge in [0.05, 0.1) is 6.04 Å². The largest absolute Gasteiger partial charge is 0.444 e. The Balaban J connectivity index is -0.000000192. The highest BCUT2D eigenvalue weighted by Gasteiger charge is 2.42. The van der Waals surface area contributed by atoms with Crippen LogP contribution in [0.3, 0.4) is 0 Å². The fourth-order valence-corrected chi connectivity index (χ4v) is 5.11. The second-order valence-electron chi connectivity index (χ2n) is 13.3. The topological polar surface area (TPSA) is 82.0 Å². The molecule has 0 radical (unpaired) electrons. The molecule has 1 amide bonds. The molecule has 0 aliphatic carbocycles. The number of likely N-dealkylation sites (tertiary alicyclic amines) is 1. The van der Waals surface area contributed by atoms with E-state index in [4.69, 9.17) is 4.74 Å². The zero-order chi connectivity index (χ0) is 27.3. The van der Waals surface area contributed by atoms with Crippen molar-refractivity contribution in [3.05, 3.63) is 0 Å². The first-order chi connectivity index (χ1) is 15.6. The lowest BCUT2D eigenvalue weighted by Crippen LogP contribution is -2.50. The second-order valence-corrected chi connectivity index (χ2v) is 22.8.